The lowest BCUT2D eigenvalue weighted by atomic mass is 10.1. The van der Waals surface area contributed by atoms with Gasteiger partial charge in [0.1, 0.15) is 5.56 Å². The van der Waals surface area contributed by atoms with Crippen LogP contribution in [0.4, 0.5) is 0 Å². The fraction of sp³-hybridized carbons (Fsp3) is 0. The average molecular weight is 274 g/mol. The number of carboxylic acids is 1. The van der Waals surface area contributed by atoms with Crippen molar-refractivity contribution < 1.29 is 9.90 Å². The SMILES string of the molecule is O=C(O)c1cc2ccccc2nc1-n1cc(Cl)cn1. The van der Waals surface area contributed by atoms with E-state index < -0.39 is 5.97 Å². The van der Waals surface area contributed by atoms with Crippen molar-refractivity contribution in [3.05, 3.63) is 53.3 Å². The minimum atomic E-state index is -1.06. The van der Waals surface area contributed by atoms with Crippen LogP contribution in [0.3, 0.4) is 0 Å². The summed E-state index contributed by atoms with van der Waals surface area (Å²) in [5, 5.41) is 14.5. The van der Waals surface area contributed by atoms with Crippen molar-refractivity contribution in [1.29, 1.82) is 0 Å². The smallest absolute Gasteiger partial charge is 0.339 e. The van der Waals surface area contributed by atoms with Crippen molar-refractivity contribution in [1.82, 2.24) is 14.8 Å². The number of pyridine rings is 1. The lowest BCUT2D eigenvalue weighted by molar-refractivity contribution is 0.0696. The zero-order chi connectivity index (χ0) is 13.4. The number of halogens is 1. The Kier molecular flexibility index (Phi) is 2.68. The van der Waals surface area contributed by atoms with Gasteiger partial charge in [0.25, 0.3) is 0 Å². The van der Waals surface area contributed by atoms with Crippen molar-refractivity contribution in [2.45, 2.75) is 0 Å². The molecule has 0 bridgehead atoms. The van der Waals surface area contributed by atoms with Gasteiger partial charge in [0.15, 0.2) is 5.82 Å². The molecule has 3 aromatic rings. The Morgan fingerprint density at radius 1 is 1.32 bits per heavy atom. The fourth-order valence-corrected chi connectivity index (χ4v) is 1.99. The molecule has 1 N–H and O–H groups in total. The molecule has 0 aliphatic rings. The number of nitrogens with zero attached hydrogens (tertiary/aromatic N) is 3. The molecule has 0 saturated heterocycles. The number of hydrogen-bond acceptors (Lipinski definition) is 3. The molecule has 0 aliphatic carbocycles. The summed E-state index contributed by atoms with van der Waals surface area (Å²) in [6.45, 7) is 0. The number of rotatable bonds is 2. The molecule has 2 heterocycles. The highest BCUT2D eigenvalue weighted by Gasteiger charge is 2.15. The molecular formula is C13H8ClN3O2. The van der Waals surface area contributed by atoms with Gasteiger partial charge in [0, 0.05) is 5.39 Å². The molecule has 0 saturated carbocycles. The van der Waals surface area contributed by atoms with Gasteiger partial charge in [-0.2, -0.15) is 5.10 Å². The molecule has 94 valence electrons. The van der Waals surface area contributed by atoms with Crippen LogP contribution in [-0.4, -0.2) is 25.8 Å². The molecule has 0 fully saturated rings. The summed E-state index contributed by atoms with van der Waals surface area (Å²) < 4.78 is 1.36. The van der Waals surface area contributed by atoms with E-state index in [2.05, 4.69) is 10.1 Å². The number of carbonyl (C=O) groups is 1. The van der Waals surface area contributed by atoms with Crippen LogP contribution in [0.1, 0.15) is 10.4 Å². The second-order valence-electron chi connectivity index (χ2n) is 3.96. The number of para-hydroxylation sites is 1. The highest BCUT2D eigenvalue weighted by atomic mass is 35.5. The molecule has 5 nitrogen and oxygen atoms in total. The first kappa shape index (κ1) is 11.7. The Morgan fingerprint density at radius 2 is 2.11 bits per heavy atom. The zero-order valence-electron chi connectivity index (χ0n) is 9.62. The van der Waals surface area contributed by atoms with E-state index in [4.69, 9.17) is 11.6 Å². The first-order valence-corrected chi connectivity index (χ1v) is 5.86. The van der Waals surface area contributed by atoms with E-state index >= 15 is 0 Å². The first-order valence-electron chi connectivity index (χ1n) is 5.49. The molecule has 2 aromatic heterocycles. The van der Waals surface area contributed by atoms with Gasteiger partial charge < -0.3 is 5.11 Å². The molecule has 0 aliphatic heterocycles. The highest BCUT2D eigenvalue weighted by Crippen LogP contribution is 2.20. The number of benzene rings is 1. The van der Waals surface area contributed by atoms with Gasteiger partial charge in [-0.05, 0) is 12.1 Å². The first-order chi connectivity index (χ1) is 9.15. The summed E-state index contributed by atoms with van der Waals surface area (Å²) >= 11 is 5.80. The molecule has 0 atom stereocenters. The molecule has 0 spiro atoms. The summed E-state index contributed by atoms with van der Waals surface area (Å²) in [7, 11) is 0. The molecule has 0 radical (unpaired) electrons. The van der Waals surface area contributed by atoms with Crippen LogP contribution in [0.15, 0.2) is 42.7 Å². The lowest BCUT2D eigenvalue weighted by Gasteiger charge is -2.07. The third kappa shape index (κ3) is 2.04. The van der Waals surface area contributed by atoms with E-state index in [1.165, 1.54) is 17.1 Å². The Morgan fingerprint density at radius 3 is 2.79 bits per heavy atom. The third-order valence-electron chi connectivity index (χ3n) is 2.70. The molecule has 0 unspecified atom stereocenters. The Balaban J connectivity index is 2.32. The summed E-state index contributed by atoms with van der Waals surface area (Å²) in [6.07, 6.45) is 2.95. The van der Waals surface area contributed by atoms with Crippen molar-refractivity contribution in [2.75, 3.05) is 0 Å². The van der Waals surface area contributed by atoms with Crippen molar-refractivity contribution in [3.63, 3.8) is 0 Å². The molecule has 19 heavy (non-hydrogen) atoms. The normalized spacial score (nSPS) is 10.8. The topological polar surface area (TPSA) is 68.0 Å². The van der Waals surface area contributed by atoms with Crippen LogP contribution in [0.5, 0.6) is 0 Å². The van der Waals surface area contributed by atoms with Crippen LogP contribution in [0.25, 0.3) is 16.7 Å². The summed E-state index contributed by atoms with van der Waals surface area (Å²) in [6, 6.07) is 8.88. The van der Waals surface area contributed by atoms with Gasteiger partial charge in [-0.3, -0.25) is 0 Å². The molecule has 1 aromatic carbocycles. The van der Waals surface area contributed by atoms with Gasteiger partial charge in [0.2, 0.25) is 0 Å². The summed E-state index contributed by atoms with van der Waals surface area (Å²) in [5.41, 5.74) is 0.785. The second-order valence-corrected chi connectivity index (χ2v) is 4.40. The maximum Gasteiger partial charge on any atom is 0.339 e. The molecule has 6 heteroatoms. The summed E-state index contributed by atoms with van der Waals surface area (Å²) in [4.78, 5) is 15.7. The minimum absolute atomic E-state index is 0.0819. The Labute approximate surface area is 113 Å². The largest absolute Gasteiger partial charge is 0.478 e. The zero-order valence-corrected chi connectivity index (χ0v) is 10.4. The predicted molar refractivity (Wildman–Crippen MR) is 70.8 cm³/mol. The second kappa shape index (κ2) is 4.37. The van der Waals surface area contributed by atoms with Crippen molar-refractivity contribution in [3.8, 4) is 5.82 Å². The van der Waals surface area contributed by atoms with E-state index in [-0.39, 0.29) is 11.4 Å². The van der Waals surface area contributed by atoms with E-state index in [0.717, 1.165) is 5.39 Å². The highest BCUT2D eigenvalue weighted by molar-refractivity contribution is 6.30. The Hall–Kier alpha value is -2.40. The number of carboxylic acid groups (broad SMARTS) is 1. The van der Waals surface area contributed by atoms with Crippen LogP contribution >= 0.6 is 11.6 Å². The molecule has 3 rings (SSSR count). The van der Waals surface area contributed by atoms with Crippen molar-refractivity contribution >= 4 is 28.5 Å². The Bertz CT molecular complexity index is 782. The van der Waals surface area contributed by atoms with E-state index in [1.807, 2.05) is 24.3 Å². The van der Waals surface area contributed by atoms with Gasteiger partial charge >= 0.3 is 5.97 Å². The van der Waals surface area contributed by atoms with E-state index in [1.54, 1.807) is 6.07 Å². The van der Waals surface area contributed by atoms with Crippen LogP contribution in [0.2, 0.25) is 5.02 Å². The van der Waals surface area contributed by atoms with Crippen LogP contribution in [0, 0.1) is 0 Å². The third-order valence-corrected chi connectivity index (χ3v) is 2.90. The fourth-order valence-electron chi connectivity index (χ4n) is 1.85. The quantitative estimate of drug-likeness (QED) is 0.779. The number of aromatic nitrogens is 3. The van der Waals surface area contributed by atoms with E-state index in [9.17, 15) is 9.90 Å². The van der Waals surface area contributed by atoms with Crippen molar-refractivity contribution in [2.24, 2.45) is 0 Å². The summed E-state index contributed by atoms with van der Waals surface area (Å²) in [5.74, 6) is -0.807. The predicted octanol–water partition coefficient (Wildman–Crippen LogP) is 2.77. The van der Waals surface area contributed by atoms with Gasteiger partial charge in [-0.15, -0.1) is 0 Å². The molecular weight excluding hydrogens is 266 g/mol. The maximum atomic E-state index is 11.3. The van der Waals surface area contributed by atoms with Crippen LogP contribution < -0.4 is 0 Å². The number of hydrogen-bond donors (Lipinski definition) is 1. The number of aromatic carboxylic acids is 1. The number of fused-ring (bicyclic) bond motifs is 1. The standard InChI is InChI=1S/C13H8ClN3O2/c14-9-6-15-17(7-9)12-10(13(18)19)5-8-3-1-2-4-11(8)16-12/h1-7H,(H,18,19). The van der Waals surface area contributed by atoms with E-state index in [0.29, 0.717) is 10.5 Å². The molecule has 0 amide bonds. The maximum absolute atomic E-state index is 11.3. The van der Waals surface area contributed by atoms with Gasteiger partial charge in [-0.1, -0.05) is 29.8 Å². The van der Waals surface area contributed by atoms with Gasteiger partial charge in [0.05, 0.1) is 22.9 Å². The minimum Gasteiger partial charge on any atom is -0.478 e. The van der Waals surface area contributed by atoms with Crippen LogP contribution in [-0.2, 0) is 0 Å². The monoisotopic (exact) mass is 273 g/mol. The lowest BCUT2D eigenvalue weighted by Crippen LogP contribution is -2.08. The van der Waals surface area contributed by atoms with Gasteiger partial charge in [-0.25, -0.2) is 14.5 Å². The average Bonchev–Trinajstić information content (AvgIpc) is 2.83.